The van der Waals surface area contributed by atoms with Crippen LogP contribution in [-0.2, 0) is 6.42 Å². The Morgan fingerprint density at radius 3 is 2.39 bits per heavy atom. The third-order valence-electron chi connectivity index (χ3n) is 2.90. The second-order valence-electron chi connectivity index (χ2n) is 4.01. The third kappa shape index (κ3) is 2.60. The minimum atomic E-state index is 0.718. The van der Waals surface area contributed by atoms with Gasteiger partial charge in [0.05, 0.1) is 0 Å². The molecule has 0 aromatic heterocycles. The van der Waals surface area contributed by atoms with E-state index in [9.17, 15) is 0 Å². The molecule has 2 nitrogen and oxygen atoms in total. The molecule has 1 N–H and O–H groups in total. The zero-order valence-electron chi connectivity index (χ0n) is 10.3. The van der Waals surface area contributed by atoms with E-state index in [0.29, 0.717) is 0 Å². The summed E-state index contributed by atoms with van der Waals surface area (Å²) in [7, 11) is 3.64. The Balaban J connectivity index is 2.47. The molecule has 0 saturated heterocycles. The van der Waals surface area contributed by atoms with Crippen LogP contribution in [0, 0.1) is 0 Å². The van der Waals surface area contributed by atoms with Gasteiger partial charge >= 0.3 is 0 Å². The summed E-state index contributed by atoms with van der Waals surface area (Å²) in [4.78, 5) is 4.17. The summed E-state index contributed by atoms with van der Waals surface area (Å²) in [5.41, 5.74) is 1.15. The molecule has 0 spiro atoms. The molecule has 2 rings (SSSR count). The molecular weight excluding hydrogens is 267 g/mol. The molecule has 0 atom stereocenters. The fourth-order valence-corrected chi connectivity index (χ4v) is 2.35. The molecule has 4 heteroatoms. The Morgan fingerprint density at radius 2 is 1.78 bits per heavy atom. The maximum absolute atomic E-state index is 6.20. The number of likely N-dealkylation sites (N-methyl/N-ethyl adjacent to an activating group) is 1. The lowest BCUT2D eigenvalue weighted by atomic mass is 10.0. The minimum absolute atomic E-state index is 0.718. The maximum Gasteiger partial charge on any atom is 0.100 e. The lowest BCUT2D eigenvalue weighted by Crippen LogP contribution is -2.20. The van der Waals surface area contributed by atoms with E-state index in [2.05, 4.69) is 16.4 Å². The zero-order chi connectivity index (χ0) is 13.1. The van der Waals surface area contributed by atoms with Gasteiger partial charge < -0.3 is 5.32 Å². The summed E-state index contributed by atoms with van der Waals surface area (Å²) in [5.74, 6) is 0.938. The van der Waals surface area contributed by atoms with Gasteiger partial charge in [-0.25, -0.2) is 0 Å². The molecule has 0 amide bonds. The highest BCUT2D eigenvalue weighted by Crippen LogP contribution is 2.30. The first kappa shape index (κ1) is 13.2. The van der Waals surface area contributed by atoms with Crippen LogP contribution in [0.1, 0.15) is 5.56 Å². The van der Waals surface area contributed by atoms with E-state index in [1.54, 1.807) is 7.05 Å². The predicted octanol–water partition coefficient (Wildman–Crippen LogP) is 3.94. The predicted molar refractivity (Wildman–Crippen MR) is 80.1 cm³/mol. The number of hydrogen-bond donors (Lipinski definition) is 1. The van der Waals surface area contributed by atoms with Crippen molar-refractivity contribution in [2.45, 2.75) is 6.42 Å². The largest absolute Gasteiger partial charge is 0.377 e. The molecule has 0 aliphatic carbocycles. The van der Waals surface area contributed by atoms with Gasteiger partial charge in [0.15, 0.2) is 0 Å². The molecule has 0 unspecified atom stereocenters. The average molecular weight is 281 g/mol. The minimum Gasteiger partial charge on any atom is -0.377 e. The molecule has 0 bridgehead atoms. The van der Waals surface area contributed by atoms with Crippen LogP contribution in [0.25, 0.3) is 10.8 Å². The van der Waals surface area contributed by atoms with Crippen molar-refractivity contribution in [1.82, 2.24) is 5.32 Å². The van der Waals surface area contributed by atoms with E-state index in [-0.39, 0.29) is 0 Å². The average Bonchev–Trinajstić information content (AvgIpc) is 2.40. The summed E-state index contributed by atoms with van der Waals surface area (Å²) in [6.07, 6.45) is 0.756. The maximum atomic E-state index is 6.20. The Hall–Kier alpha value is -1.25. The van der Waals surface area contributed by atoms with E-state index in [1.807, 2.05) is 31.3 Å². The van der Waals surface area contributed by atoms with Gasteiger partial charge in [-0.3, -0.25) is 4.99 Å². The molecule has 2 aromatic rings. The summed E-state index contributed by atoms with van der Waals surface area (Å²) >= 11 is 12.3. The second kappa shape index (κ2) is 5.59. The molecule has 0 fully saturated rings. The number of fused-ring (bicyclic) bond motifs is 1. The topological polar surface area (TPSA) is 24.4 Å². The quantitative estimate of drug-likeness (QED) is 0.654. The number of amidine groups is 1. The van der Waals surface area contributed by atoms with Crippen LogP contribution in [-0.4, -0.2) is 19.9 Å². The van der Waals surface area contributed by atoms with E-state index < -0.39 is 0 Å². The first-order chi connectivity index (χ1) is 8.65. The van der Waals surface area contributed by atoms with Gasteiger partial charge in [-0.1, -0.05) is 35.3 Å². The Kier molecular flexibility index (Phi) is 4.10. The molecule has 0 heterocycles. The Bertz CT molecular complexity index is 606. The molecule has 0 saturated carbocycles. The summed E-state index contributed by atoms with van der Waals surface area (Å²) in [6, 6.07) is 9.75. The molecule has 0 radical (unpaired) electrons. The summed E-state index contributed by atoms with van der Waals surface area (Å²) in [5, 5.41) is 6.46. The smallest absolute Gasteiger partial charge is 0.100 e. The van der Waals surface area contributed by atoms with Crippen molar-refractivity contribution in [3.8, 4) is 0 Å². The van der Waals surface area contributed by atoms with Gasteiger partial charge in [0, 0.05) is 41.3 Å². The van der Waals surface area contributed by atoms with Gasteiger partial charge in [-0.2, -0.15) is 0 Å². The van der Waals surface area contributed by atoms with Crippen molar-refractivity contribution in [1.29, 1.82) is 0 Å². The standard InChI is InChI=1S/C14H14Cl2N2/c1-17-14(18-2)8-9-3-4-10-11(7-9)13(16)6-5-12(10)15/h3-7H,8H2,1-2H3,(H,17,18). The van der Waals surface area contributed by atoms with Gasteiger partial charge in [0.25, 0.3) is 0 Å². The van der Waals surface area contributed by atoms with E-state index in [0.717, 1.165) is 38.6 Å². The van der Waals surface area contributed by atoms with Crippen LogP contribution >= 0.6 is 23.2 Å². The number of hydrogen-bond acceptors (Lipinski definition) is 1. The highest BCUT2D eigenvalue weighted by molar-refractivity contribution is 6.40. The van der Waals surface area contributed by atoms with Crippen molar-refractivity contribution in [3.63, 3.8) is 0 Å². The van der Waals surface area contributed by atoms with Crippen LogP contribution in [0.3, 0.4) is 0 Å². The Morgan fingerprint density at radius 1 is 1.11 bits per heavy atom. The fourth-order valence-electron chi connectivity index (χ4n) is 1.91. The highest BCUT2D eigenvalue weighted by atomic mass is 35.5. The Labute approximate surface area is 117 Å². The summed E-state index contributed by atoms with van der Waals surface area (Å²) < 4.78 is 0. The second-order valence-corrected chi connectivity index (χ2v) is 4.82. The van der Waals surface area contributed by atoms with Crippen LogP contribution in [0.15, 0.2) is 35.3 Å². The number of benzene rings is 2. The summed E-state index contributed by atoms with van der Waals surface area (Å²) in [6.45, 7) is 0. The van der Waals surface area contributed by atoms with E-state index in [4.69, 9.17) is 23.2 Å². The van der Waals surface area contributed by atoms with Gasteiger partial charge in [0.2, 0.25) is 0 Å². The van der Waals surface area contributed by atoms with Crippen LogP contribution in [0.2, 0.25) is 10.0 Å². The first-order valence-electron chi connectivity index (χ1n) is 5.65. The van der Waals surface area contributed by atoms with Crippen LogP contribution in [0.4, 0.5) is 0 Å². The molecule has 94 valence electrons. The number of aliphatic imine (C=N–C) groups is 1. The van der Waals surface area contributed by atoms with Gasteiger partial charge in [-0.05, 0) is 23.8 Å². The molecule has 18 heavy (non-hydrogen) atoms. The lowest BCUT2D eigenvalue weighted by molar-refractivity contribution is 1.09. The van der Waals surface area contributed by atoms with Crippen molar-refractivity contribution in [3.05, 3.63) is 45.9 Å². The normalized spacial score (nSPS) is 11.9. The lowest BCUT2D eigenvalue weighted by Gasteiger charge is -2.08. The fraction of sp³-hybridized carbons (Fsp3) is 0.214. The van der Waals surface area contributed by atoms with Crippen molar-refractivity contribution < 1.29 is 0 Å². The molecule has 0 aliphatic rings. The molecular formula is C14H14Cl2N2. The molecule has 2 aromatic carbocycles. The van der Waals surface area contributed by atoms with Crippen molar-refractivity contribution in [2.75, 3.05) is 14.1 Å². The number of nitrogens with zero attached hydrogens (tertiary/aromatic N) is 1. The van der Waals surface area contributed by atoms with Crippen LogP contribution in [0.5, 0.6) is 0 Å². The molecule has 0 aliphatic heterocycles. The van der Waals surface area contributed by atoms with Gasteiger partial charge in [0.1, 0.15) is 5.84 Å². The van der Waals surface area contributed by atoms with E-state index >= 15 is 0 Å². The van der Waals surface area contributed by atoms with Gasteiger partial charge in [-0.15, -0.1) is 0 Å². The van der Waals surface area contributed by atoms with Crippen LogP contribution < -0.4 is 5.32 Å². The highest BCUT2D eigenvalue weighted by Gasteiger charge is 2.05. The number of halogens is 2. The number of nitrogens with one attached hydrogen (secondary N) is 1. The first-order valence-corrected chi connectivity index (χ1v) is 6.41. The SMILES string of the molecule is CN=C(Cc1ccc2c(Cl)ccc(Cl)c2c1)NC. The van der Waals surface area contributed by atoms with E-state index in [1.165, 1.54) is 0 Å². The monoisotopic (exact) mass is 280 g/mol. The number of rotatable bonds is 2. The third-order valence-corrected chi connectivity index (χ3v) is 3.56. The zero-order valence-corrected chi connectivity index (χ0v) is 11.8. The van der Waals surface area contributed by atoms with Crippen molar-refractivity contribution >= 4 is 39.8 Å². The van der Waals surface area contributed by atoms with Crippen molar-refractivity contribution in [2.24, 2.45) is 4.99 Å².